The molecule has 0 fully saturated rings. The molecule has 26 heavy (non-hydrogen) atoms. The highest BCUT2D eigenvalue weighted by molar-refractivity contribution is 7.89. The number of nitrogens with zero attached hydrogens (tertiary/aromatic N) is 2. The SMILES string of the molecule is CN(CC(=O)NCc1nc2ccccc2[nH]1)S(=O)(=O)c1ccc(F)cc1. The number of amides is 1. The van der Waals surface area contributed by atoms with Gasteiger partial charge in [-0.3, -0.25) is 4.79 Å². The first-order valence-corrected chi connectivity index (χ1v) is 9.22. The normalized spacial score (nSPS) is 11.8. The Hall–Kier alpha value is -2.78. The summed E-state index contributed by atoms with van der Waals surface area (Å²) in [6.07, 6.45) is 0. The van der Waals surface area contributed by atoms with Crippen molar-refractivity contribution in [3.63, 3.8) is 0 Å². The third kappa shape index (κ3) is 3.89. The van der Waals surface area contributed by atoms with Crippen LogP contribution in [0.1, 0.15) is 5.82 Å². The van der Waals surface area contributed by atoms with Gasteiger partial charge in [-0.15, -0.1) is 0 Å². The summed E-state index contributed by atoms with van der Waals surface area (Å²) in [6, 6.07) is 11.9. The highest BCUT2D eigenvalue weighted by Gasteiger charge is 2.23. The fourth-order valence-electron chi connectivity index (χ4n) is 2.40. The Morgan fingerprint density at radius 3 is 2.58 bits per heavy atom. The first kappa shape index (κ1) is 18.0. The first-order chi connectivity index (χ1) is 12.4. The van der Waals surface area contributed by atoms with E-state index in [1.54, 1.807) is 0 Å². The molecule has 0 aliphatic carbocycles. The number of aromatic amines is 1. The van der Waals surface area contributed by atoms with Gasteiger partial charge in [-0.25, -0.2) is 17.8 Å². The number of para-hydroxylation sites is 2. The van der Waals surface area contributed by atoms with Crippen molar-refractivity contribution in [1.29, 1.82) is 0 Å². The average Bonchev–Trinajstić information content (AvgIpc) is 3.03. The number of rotatable bonds is 6. The van der Waals surface area contributed by atoms with E-state index in [9.17, 15) is 17.6 Å². The molecule has 0 bridgehead atoms. The number of hydrogen-bond donors (Lipinski definition) is 2. The summed E-state index contributed by atoms with van der Waals surface area (Å²) in [5.41, 5.74) is 1.64. The van der Waals surface area contributed by atoms with Crippen LogP contribution in [0.2, 0.25) is 0 Å². The van der Waals surface area contributed by atoms with E-state index in [0.29, 0.717) is 5.82 Å². The molecule has 136 valence electrons. The minimum absolute atomic E-state index is 0.0773. The van der Waals surface area contributed by atoms with Crippen LogP contribution in [0, 0.1) is 5.82 Å². The van der Waals surface area contributed by atoms with E-state index in [1.165, 1.54) is 7.05 Å². The second kappa shape index (κ2) is 7.22. The second-order valence-electron chi connectivity index (χ2n) is 5.69. The second-order valence-corrected chi connectivity index (χ2v) is 7.74. The Kier molecular flexibility index (Phi) is 5.01. The minimum Gasteiger partial charge on any atom is -0.348 e. The smallest absolute Gasteiger partial charge is 0.243 e. The standard InChI is InChI=1S/C17H17FN4O3S/c1-22(26(24,25)13-8-6-12(18)7-9-13)11-17(23)19-10-16-20-14-4-2-3-5-15(14)21-16/h2-9H,10-11H2,1H3,(H,19,23)(H,20,21). The van der Waals surface area contributed by atoms with Gasteiger partial charge >= 0.3 is 0 Å². The maximum absolute atomic E-state index is 12.9. The zero-order valence-electron chi connectivity index (χ0n) is 13.9. The predicted molar refractivity (Wildman–Crippen MR) is 94.2 cm³/mol. The Morgan fingerprint density at radius 1 is 1.19 bits per heavy atom. The van der Waals surface area contributed by atoms with Crippen molar-refractivity contribution in [2.24, 2.45) is 0 Å². The number of benzene rings is 2. The fourth-order valence-corrected chi connectivity index (χ4v) is 3.53. The van der Waals surface area contributed by atoms with Gasteiger partial charge in [0.15, 0.2) is 0 Å². The summed E-state index contributed by atoms with van der Waals surface area (Å²) in [5.74, 6) is -0.433. The molecule has 2 aromatic carbocycles. The fraction of sp³-hybridized carbons (Fsp3) is 0.176. The number of imidazole rings is 1. The third-order valence-electron chi connectivity index (χ3n) is 3.78. The molecule has 0 aliphatic rings. The molecule has 0 saturated heterocycles. The molecule has 0 atom stereocenters. The number of carbonyl (C=O) groups excluding carboxylic acids is 1. The molecule has 1 heterocycles. The van der Waals surface area contributed by atoms with Crippen LogP contribution in [0.4, 0.5) is 4.39 Å². The zero-order chi connectivity index (χ0) is 18.7. The Bertz CT molecular complexity index is 999. The molecular formula is C17H17FN4O3S. The molecule has 0 unspecified atom stereocenters. The summed E-state index contributed by atoms with van der Waals surface area (Å²) >= 11 is 0. The first-order valence-electron chi connectivity index (χ1n) is 7.78. The van der Waals surface area contributed by atoms with Crippen molar-refractivity contribution < 1.29 is 17.6 Å². The Morgan fingerprint density at radius 2 is 1.88 bits per heavy atom. The van der Waals surface area contributed by atoms with Gasteiger partial charge in [0, 0.05) is 7.05 Å². The lowest BCUT2D eigenvalue weighted by molar-refractivity contribution is -0.121. The summed E-state index contributed by atoms with van der Waals surface area (Å²) in [5, 5.41) is 2.62. The molecule has 9 heteroatoms. The molecular weight excluding hydrogens is 359 g/mol. The maximum atomic E-state index is 12.9. The largest absolute Gasteiger partial charge is 0.348 e. The molecule has 0 aliphatic heterocycles. The minimum atomic E-state index is -3.87. The van der Waals surface area contributed by atoms with E-state index in [2.05, 4.69) is 15.3 Å². The average molecular weight is 376 g/mol. The summed E-state index contributed by atoms with van der Waals surface area (Å²) < 4.78 is 38.6. The molecule has 7 nitrogen and oxygen atoms in total. The lowest BCUT2D eigenvalue weighted by Crippen LogP contribution is -2.38. The van der Waals surface area contributed by atoms with Crippen molar-refractivity contribution >= 4 is 27.0 Å². The van der Waals surface area contributed by atoms with E-state index in [1.807, 2.05) is 24.3 Å². The number of hydrogen-bond acceptors (Lipinski definition) is 4. The number of nitrogens with one attached hydrogen (secondary N) is 2. The van der Waals surface area contributed by atoms with Gasteiger partial charge in [0.1, 0.15) is 11.6 Å². The topological polar surface area (TPSA) is 95.2 Å². The van der Waals surface area contributed by atoms with E-state index in [0.717, 1.165) is 39.6 Å². The van der Waals surface area contributed by atoms with Crippen LogP contribution in [0.3, 0.4) is 0 Å². The summed E-state index contributed by atoms with van der Waals surface area (Å²) in [6.45, 7) is -0.210. The molecule has 1 amide bonds. The molecule has 1 aromatic heterocycles. The highest BCUT2D eigenvalue weighted by atomic mass is 32.2. The van der Waals surface area contributed by atoms with Crippen LogP contribution in [0.15, 0.2) is 53.4 Å². The van der Waals surface area contributed by atoms with E-state index in [-0.39, 0.29) is 18.0 Å². The van der Waals surface area contributed by atoms with Crippen LogP contribution in [-0.2, 0) is 21.4 Å². The van der Waals surface area contributed by atoms with Crippen molar-refractivity contribution in [3.8, 4) is 0 Å². The van der Waals surface area contributed by atoms with Crippen molar-refractivity contribution in [2.75, 3.05) is 13.6 Å². The van der Waals surface area contributed by atoms with Gasteiger partial charge in [0.05, 0.1) is 29.0 Å². The van der Waals surface area contributed by atoms with E-state index >= 15 is 0 Å². The molecule has 0 radical (unpaired) electrons. The highest BCUT2D eigenvalue weighted by Crippen LogP contribution is 2.14. The quantitative estimate of drug-likeness (QED) is 0.684. The maximum Gasteiger partial charge on any atom is 0.243 e. The van der Waals surface area contributed by atoms with E-state index < -0.39 is 21.7 Å². The van der Waals surface area contributed by atoms with Gasteiger partial charge in [-0.1, -0.05) is 12.1 Å². The lowest BCUT2D eigenvalue weighted by atomic mass is 10.3. The van der Waals surface area contributed by atoms with Crippen LogP contribution < -0.4 is 5.32 Å². The number of carbonyl (C=O) groups is 1. The van der Waals surface area contributed by atoms with Crippen LogP contribution in [0.5, 0.6) is 0 Å². The van der Waals surface area contributed by atoms with Crippen molar-refractivity contribution in [2.45, 2.75) is 11.4 Å². The van der Waals surface area contributed by atoms with Crippen LogP contribution in [0.25, 0.3) is 11.0 Å². The third-order valence-corrected chi connectivity index (χ3v) is 5.60. The van der Waals surface area contributed by atoms with E-state index in [4.69, 9.17) is 0 Å². The number of sulfonamides is 1. The molecule has 0 spiro atoms. The lowest BCUT2D eigenvalue weighted by Gasteiger charge is -2.16. The van der Waals surface area contributed by atoms with Gasteiger partial charge in [-0.2, -0.15) is 4.31 Å². The van der Waals surface area contributed by atoms with Gasteiger partial charge < -0.3 is 10.3 Å². The molecule has 0 saturated carbocycles. The van der Waals surface area contributed by atoms with Crippen molar-refractivity contribution in [3.05, 3.63) is 60.2 Å². The zero-order valence-corrected chi connectivity index (χ0v) is 14.8. The Balaban J connectivity index is 1.60. The molecule has 3 aromatic rings. The number of fused-ring (bicyclic) bond motifs is 1. The van der Waals surface area contributed by atoms with Crippen molar-refractivity contribution in [1.82, 2.24) is 19.6 Å². The summed E-state index contributed by atoms with van der Waals surface area (Å²) in [4.78, 5) is 19.4. The number of likely N-dealkylation sites (N-methyl/N-ethyl adjacent to an activating group) is 1. The number of H-pyrrole nitrogens is 1. The van der Waals surface area contributed by atoms with Crippen LogP contribution in [-0.4, -0.2) is 42.2 Å². The van der Waals surface area contributed by atoms with Gasteiger partial charge in [-0.05, 0) is 36.4 Å². The molecule has 2 N–H and O–H groups in total. The van der Waals surface area contributed by atoms with Crippen LogP contribution >= 0.6 is 0 Å². The number of aromatic nitrogens is 2. The van der Waals surface area contributed by atoms with Gasteiger partial charge in [0.2, 0.25) is 15.9 Å². The number of halogens is 1. The van der Waals surface area contributed by atoms with Gasteiger partial charge in [0.25, 0.3) is 0 Å². The summed E-state index contributed by atoms with van der Waals surface area (Å²) in [7, 11) is -2.58. The Labute approximate surface area is 149 Å². The molecule has 3 rings (SSSR count). The monoisotopic (exact) mass is 376 g/mol. The predicted octanol–water partition coefficient (Wildman–Crippen LogP) is 1.64.